The molecule has 23 heavy (non-hydrogen) atoms. The van der Waals surface area contributed by atoms with Gasteiger partial charge in [-0.25, -0.2) is 9.78 Å². The van der Waals surface area contributed by atoms with Gasteiger partial charge in [0.1, 0.15) is 5.60 Å². The van der Waals surface area contributed by atoms with Crippen LogP contribution in [0.2, 0.25) is 0 Å². The Morgan fingerprint density at radius 3 is 2.83 bits per heavy atom. The lowest BCUT2D eigenvalue weighted by atomic mass is 10.0. The maximum Gasteiger partial charge on any atom is 0.410 e. The number of rotatable bonds is 4. The number of amides is 1. The average Bonchev–Trinajstić information content (AvgIpc) is 2.48. The zero-order chi connectivity index (χ0) is 16.9. The zero-order valence-electron chi connectivity index (χ0n) is 14.0. The minimum Gasteiger partial charge on any atom is -0.478 e. The number of aromatic nitrogens is 1. The predicted molar refractivity (Wildman–Crippen MR) is 92.6 cm³/mol. The number of ether oxygens (including phenoxy) is 2. The summed E-state index contributed by atoms with van der Waals surface area (Å²) in [5, 5.41) is 0. The molecule has 2 heterocycles. The second-order valence-electron chi connectivity index (χ2n) is 6.78. The number of nitrogens with zero attached hydrogens (tertiary/aromatic N) is 2. The van der Waals surface area contributed by atoms with Crippen LogP contribution in [0.15, 0.2) is 22.8 Å². The van der Waals surface area contributed by atoms with Gasteiger partial charge in [0.25, 0.3) is 0 Å². The van der Waals surface area contributed by atoms with Gasteiger partial charge in [-0.1, -0.05) is 0 Å². The summed E-state index contributed by atoms with van der Waals surface area (Å²) in [5.74, 6) is 0.604. The molecule has 0 aliphatic carbocycles. The highest BCUT2D eigenvalue weighted by atomic mass is 79.9. The van der Waals surface area contributed by atoms with Crippen LogP contribution >= 0.6 is 15.9 Å². The first-order chi connectivity index (χ1) is 10.8. The van der Waals surface area contributed by atoms with Crippen LogP contribution in [0.25, 0.3) is 0 Å². The van der Waals surface area contributed by atoms with Crippen LogP contribution in [-0.2, 0) is 4.74 Å². The van der Waals surface area contributed by atoms with Gasteiger partial charge in [-0.15, -0.1) is 0 Å². The van der Waals surface area contributed by atoms with Gasteiger partial charge < -0.3 is 14.4 Å². The van der Waals surface area contributed by atoms with Crippen molar-refractivity contribution in [2.75, 3.05) is 13.2 Å². The molecule has 1 aromatic heterocycles. The van der Waals surface area contributed by atoms with E-state index in [4.69, 9.17) is 9.47 Å². The minimum absolute atomic E-state index is 0.175. The van der Waals surface area contributed by atoms with Crippen molar-refractivity contribution in [1.82, 2.24) is 9.88 Å². The first-order valence-electron chi connectivity index (χ1n) is 8.09. The molecule has 1 aliphatic rings. The molecule has 2 rings (SSSR count). The van der Waals surface area contributed by atoms with Crippen LogP contribution in [0.4, 0.5) is 4.79 Å². The van der Waals surface area contributed by atoms with Crippen LogP contribution in [0.3, 0.4) is 0 Å². The Labute approximate surface area is 146 Å². The van der Waals surface area contributed by atoms with Gasteiger partial charge in [0.2, 0.25) is 5.88 Å². The normalized spacial score (nSPS) is 18.6. The fraction of sp³-hybridized carbons (Fsp3) is 0.647. The standard InChI is InChI=1S/C17H25BrN2O3/c1-17(2,3)23-16(21)20-10-5-4-6-14(20)9-11-22-15-8-7-13(18)12-19-15/h7-8,12,14H,4-6,9-11H2,1-3H3. The molecule has 0 N–H and O–H groups in total. The second-order valence-corrected chi connectivity index (χ2v) is 7.69. The molecule has 1 amide bonds. The van der Waals surface area contributed by atoms with E-state index >= 15 is 0 Å². The SMILES string of the molecule is CC(C)(C)OC(=O)N1CCCCC1CCOc1ccc(Br)cn1. The molecule has 1 aliphatic heterocycles. The van der Waals surface area contributed by atoms with Crippen molar-refractivity contribution in [1.29, 1.82) is 0 Å². The van der Waals surface area contributed by atoms with Crippen LogP contribution in [-0.4, -0.2) is 40.8 Å². The Morgan fingerprint density at radius 2 is 2.17 bits per heavy atom. The summed E-state index contributed by atoms with van der Waals surface area (Å²) in [6, 6.07) is 3.90. The van der Waals surface area contributed by atoms with E-state index < -0.39 is 5.60 Å². The van der Waals surface area contributed by atoms with Gasteiger partial charge >= 0.3 is 6.09 Å². The van der Waals surface area contributed by atoms with Gasteiger partial charge in [0, 0.05) is 35.7 Å². The van der Waals surface area contributed by atoms with Gasteiger partial charge in [0.15, 0.2) is 0 Å². The van der Waals surface area contributed by atoms with Gasteiger partial charge in [-0.3, -0.25) is 0 Å². The molecule has 1 saturated heterocycles. The van der Waals surface area contributed by atoms with Crippen LogP contribution in [0.5, 0.6) is 5.88 Å². The van der Waals surface area contributed by atoms with Crippen LogP contribution in [0, 0.1) is 0 Å². The Balaban J connectivity index is 1.86. The molecule has 0 saturated carbocycles. The number of carbonyl (C=O) groups is 1. The summed E-state index contributed by atoms with van der Waals surface area (Å²) in [6.07, 6.45) is 5.45. The maximum absolute atomic E-state index is 12.3. The van der Waals surface area contributed by atoms with Crippen molar-refractivity contribution in [2.45, 2.75) is 58.1 Å². The summed E-state index contributed by atoms with van der Waals surface area (Å²) in [5.41, 5.74) is -0.461. The predicted octanol–water partition coefficient (Wildman–Crippen LogP) is 4.40. The third-order valence-electron chi connectivity index (χ3n) is 3.66. The van der Waals surface area contributed by atoms with E-state index in [1.54, 1.807) is 6.20 Å². The lowest BCUT2D eigenvalue weighted by Crippen LogP contribution is -2.46. The topological polar surface area (TPSA) is 51.7 Å². The first-order valence-corrected chi connectivity index (χ1v) is 8.88. The highest BCUT2D eigenvalue weighted by molar-refractivity contribution is 9.10. The van der Waals surface area contributed by atoms with Crippen molar-refractivity contribution in [3.63, 3.8) is 0 Å². The number of piperidine rings is 1. The summed E-state index contributed by atoms with van der Waals surface area (Å²) >= 11 is 3.35. The third-order valence-corrected chi connectivity index (χ3v) is 4.13. The first kappa shape index (κ1) is 18.0. The summed E-state index contributed by atoms with van der Waals surface area (Å²) < 4.78 is 12.1. The molecule has 128 valence electrons. The number of carbonyl (C=O) groups excluding carboxylic acids is 1. The molecule has 0 aromatic carbocycles. The second kappa shape index (κ2) is 7.99. The quantitative estimate of drug-likeness (QED) is 0.771. The highest BCUT2D eigenvalue weighted by Gasteiger charge is 2.30. The van der Waals surface area contributed by atoms with Crippen LogP contribution in [0.1, 0.15) is 46.5 Å². The van der Waals surface area contributed by atoms with E-state index in [2.05, 4.69) is 20.9 Å². The van der Waals surface area contributed by atoms with E-state index in [9.17, 15) is 4.79 Å². The molecule has 1 aromatic rings. The molecule has 1 atom stereocenters. The smallest absolute Gasteiger partial charge is 0.410 e. The molecular formula is C17H25BrN2O3. The van der Waals surface area contributed by atoms with Crippen molar-refractivity contribution in [2.24, 2.45) is 0 Å². The Morgan fingerprint density at radius 1 is 1.39 bits per heavy atom. The largest absolute Gasteiger partial charge is 0.478 e. The fourth-order valence-corrected chi connectivity index (χ4v) is 2.84. The number of likely N-dealkylation sites (tertiary alicyclic amines) is 1. The van der Waals surface area contributed by atoms with Gasteiger partial charge in [0.05, 0.1) is 6.61 Å². The Bertz CT molecular complexity index is 514. The number of pyridine rings is 1. The lowest BCUT2D eigenvalue weighted by molar-refractivity contribution is 0.00738. The van der Waals surface area contributed by atoms with E-state index in [0.29, 0.717) is 12.5 Å². The van der Waals surface area contributed by atoms with Crippen molar-refractivity contribution < 1.29 is 14.3 Å². The number of hydrogen-bond acceptors (Lipinski definition) is 4. The molecule has 0 radical (unpaired) electrons. The summed E-state index contributed by atoms with van der Waals surface area (Å²) in [7, 11) is 0. The maximum atomic E-state index is 12.3. The van der Waals surface area contributed by atoms with Crippen LogP contribution < -0.4 is 4.74 Å². The molecule has 1 fully saturated rings. The van der Waals surface area contributed by atoms with E-state index in [1.165, 1.54) is 0 Å². The minimum atomic E-state index is -0.461. The van der Waals surface area contributed by atoms with E-state index in [-0.39, 0.29) is 12.1 Å². The fourth-order valence-electron chi connectivity index (χ4n) is 2.61. The molecular weight excluding hydrogens is 360 g/mol. The average molecular weight is 385 g/mol. The highest BCUT2D eigenvalue weighted by Crippen LogP contribution is 2.23. The van der Waals surface area contributed by atoms with Crippen molar-refractivity contribution >= 4 is 22.0 Å². The summed E-state index contributed by atoms with van der Waals surface area (Å²) in [4.78, 5) is 18.4. The van der Waals surface area contributed by atoms with Gasteiger partial charge in [-0.05, 0) is 62.0 Å². The molecule has 0 spiro atoms. The van der Waals surface area contributed by atoms with E-state index in [0.717, 1.165) is 36.7 Å². The molecule has 1 unspecified atom stereocenters. The lowest BCUT2D eigenvalue weighted by Gasteiger charge is -2.36. The van der Waals surface area contributed by atoms with Crippen molar-refractivity contribution in [3.05, 3.63) is 22.8 Å². The summed E-state index contributed by atoms with van der Waals surface area (Å²) in [6.45, 7) is 6.99. The number of hydrogen-bond donors (Lipinski definition) is 0. The molecule has 6 heteroatoms. The zero-order valence-corrected chi connectivity index (χ0v) is 15.6. The van der Waals surface area contributed by atoms with E-state index in [1.807, 2.05) is 37.8 Å². The Kier molecular flexibility index (Phi) is 6.27. The Hall–Kier alpha value is -1.30. The third kappa shape index (κ3) is 6.01. The monoisotopic (exact) mass is 384 g/mol. The van der Waals surface area contributed by atoms with Crippen molar-refractivity contribution in [3.8, 4) is 5.88 Å². The van der Waals surface area contributed by atoms with Gasteiger partial charge in [-0.2, -0.15) is 0 Å². The molecule has 0 bridgehead atoms. The number of halogens is 1. The molecule has 5 nitrogen and oxygen atoms in total.